The lowest BCUT2D eigenvalue weighted by atomic mass is 9.97. The van der Waals surface area contributed by atoms with Gasteiger partial charge in [-0.1, -0.05) is 20.8 Å². The van der Waals surface area contributed by atoms with E-state index in [0.29, 0.717) is 12.8 Å². The fraction of sp³-hybridized carbons (Fsp3) is 0.750. The van der Waals surface area contributed by atoms with Crippen molar-refractivity contribution in [1.29, 1.82) is 0 Å². The predicted molar refractivity (Wildman–Crippen MR) is 70.4 cm³/mol. The normalized spacial score (nSPS) is 13.7. The van der Waals surface area contributed by atoms with E-state index in [1.54, 1.807) is 6.92 Å². The number of carbonyl (C=O) groups excluding carboxylic acids is 2. The Kier molecular flexibility index (Phi) is 7.55. The molecule has 110 valence electrons. The fourth-order valence-electron chi connectivity index (χ4n) is 1.64. The number of nitrogens with two attached hydrogens (primary N) is 1. The van der Waals surface area contributed by atoms with Crippen LogP contribution in [0.4, 0.5) is 4.79 Å². The molecule has 7 nitrogen and oxygen atoms in total. The van der Waals surface area contributed by atoms with Crippen LogP contribution in [0.5, 0.6) is 0 Å². The van der Waals surface area contributed by atoms with Crippen LogP contribution in [-0.4, -0.2) is 35.6 Å². The number of urea groups is 1. The fourth-order valence-corrected chi connectivity index (χ4v) is 1.64. The van der Waals surface area contributed by atoms with Crippen LogP contribution in [0, 0.1) is 11.8 Å². The van der Waals surface area contributed by atoms with Crippen LogP contribution in [0.25, 0.3) is 0 Å². The molecule has 2 atom stereocenters. The first-order chi connectivity index (χ1) is 8.77. The largest absolute Gasteiger partial charge is 0.481 e. The average molecular weight is 273 g/mol. The first-order valence-corrected chi connectivity index (χ1v) is 6.34. The summed E-state index contributed by atoms with van der Waals surface area (Å²) in [6.07, 6.45) is 0.861. The molecule has 19 heavy (non-hydrogen) atoms. The molecule has 0 aliphatic heterocycles. The molecule has 0 spiro atoms. The molecular formula is C12H23N3O4. The molecule has 0 saturated carbocycles. The number of aliphatic carboxylic acids is 1. The van der Waals surface area contributed by atoms with Gasteiger partial charge in [0.25, 0.3) is 0 Å². The summed E-state index contributed by atoms with van der Waals surface area (Å²) in [5.74, 6) is -1.98. The lowest BCUT2D eigenvalue weighted by Crippen LogP contribution is -2.49. The molecule has 0 radical (unpaired) electrons. The summed E-state index contributed by atoms with van der Waals surface area (Å²) in [5, 5.41) is 13.9. The number of primary amides is 1. The van der Waals surface area contributed by atoms with E-state index in [-0.39, 0.29) is 12.5 Å². The molecule has 0 aromatic heterocycles. The van der Waals surface area contributed by atoms with Gasteiger partial charge in [-0.05, 0) is 18.8 Å². The Morgan fingerprint density at radius 2 is 1.84 bits per heavy atom. The summed E-state index contributed by atoms with van der Waals surface area (Å²) in [5.41, 5.74) is 5.09. The van der Waals surface area contributed by atoms with Gasteiger partial charge in [0.15, 0.2) is 0 Å². The Labute approximate surface area is 112 Å². The van der Waals surface area contributed by atoms with Crippen molar-refractivity contribution in [1.82, 2.24) is 10.6 Å². The molecule has 0 aliphatic rings. The maximum atomic E-state index is 11.5. The van der Waals surface area contributed by atoms with E-state index in [0.717, 1.165) is 0 Å². The van der Waals surface area contributed by atoms with Crippen molar-refractivity contribution in [2.45, 2.75) is 39.7 Å². The maximum absolute atomic E-state index is 11.5. The van der Waals surface area contributed by atoms with Gasteiger partial charge in [0.1, 0.15) is 6.04 Å². The van der Waals surface area contributed by atoms with Gasteiger partial charge in [-0.25, -0.2) is 4.79 Å². The van der Waals surface area contributed by atoms with Gasteiger partial charge >= 0.3 is 12.0 Å². The highest BCUT2D eigenvalue weighted by Gasteiger charge is 2.21. The van der Waals surface area contributed by atoms with Crippen molar-refractivity contribution in [3.63, 3.8) is 0 Å². The highest BCUT2D eigenvalue weighted by atomic mass is 16.4. The maximum Gasteiger partial charge on any atom is 0.315 e. The minimum absolute atomic E-state index is 0.0224. The number of hydrogen-bond donors (Lipinski definition) is 4. The van der Waals surface area contributed by atoms with Crippen LogP contribution in [0.15, 0.2) is 0 Å². The van der Waals surface area contributed by atoms with E-state index in [1.807, 2.05) is 13.8 Å². The predicted octanol–water partition coefficient (Wildman–Crippen LogP) is 0.296. The molecule has 0 saturated heterocycles. The molecule has 0 rings (SSSR count). The van der Waals surface area contributed by atoms with E-state index in [2.05, 4.69) is 10.6 Å². The second-order valence-electron chi connectivity index (χ2n) is 4.88. The van der Waals surface area contributed by atoms with Crippen molar-refractivity contribution in [3.8, 4) is 0 Å². The monoisotopic (exact) mass is 273 g/mol. The van der Waals surface area contributed by atoms with Gasteiger partial charge in [-0.3, -0.25) is 9.59 Å². The third-order valence-electron chi connectivity index (χ3n) is 2.67. The number of carboxylic acids is 1. The Bertz CT molecular complexity index is 331. The molecule has 1 unspecified atom stereocenters. The van der Waals surface area contributed by atoms with Crippen LogP contribution in [0.2, 0.25) is 0 Å². The molecule has 0 aliphatic carbocycles. The Hall–Kier alpha value is -1.79. The van der Waals surface area contributed by atoms with Gasteiger partial charge in [-0.2, -0.15) is 0 Å². The number of carbonyl (C=O) groups is 3. The second-order valence-corrected chi connectivity index (χ2v) is 4.88. The van der Waals surface area contributed by atoms with Gasteiger partial charge in [-0.15, -0.1) is 0 Å². The molecule has 7 heteroatoms. The second kappa shape index (κ2) is 8.34. The molecule has 0 heterocycles. The summed E-state index contributed by atoms with van der Waals surface area (Å²) >= 11 is 0. The van der Waals surface area contributed by atoms with E-state index in [4.69, 9.17) is 10.8 Å². The highest BCUT2D eigenvalue weighted by molar-refractivity contribution is 5.85. The van der Waals surface area contributed by atoms with Crippen LogP contribution < -0.4 is 16.4 Å². The van der Waals surface area contributed by atoms with Crippen LogP contribution in [0.1, 0.15) is 33.6 Å². The van der Waals surface area contributed by atoms with E-state index in [9.17, 15) is 14.4 Å². The number of carboxylic acid groups (broad SMARTS) is 1. The standard InChI is InChI=1S/C12H23N3O4/c1-4-9(10(13)16)15-12(19)14-6-8(11(17)18)5-7(2)3/h7-9H,4-6H2,1-3H3,(H2,13,16)(H,17,18)(H2,14,15,19)/t8?,9-/m1/s1. The van der Waals surface area contributed by atoms with Crippen molar-refractivity contribution in [2.75, 3.05) is 6.54 Å². The van der Waals surface area contributed by atoms with Crippen LogP contribution >= 0.6 is 0 Å². The zero-order chi connectivity index (χ0) is 15.0. The Morgan fingerprint density at radius 1 is 1.26 bits per heavy atom. The van der Waals surface area contributed by atoms with Crippen molar-refractivity contribution < 1.29 is 19.5 Å². The minimum atomic E-state index is -0.948. The molecule has 5 N–H and O–H groups in total. The Morgan fingerprint density at radius 3 is 2.21 bits per heavy atom. The third-order valence-corrected chi connectivity index (χ3v) is 2.67. The van der Waals surface area contributed by atoms with E-state index < -0.39 is 29.9 Å². The highest BCUT2D eigenvalue weighted by Crippen LogP contribution is 2.10. The number of rotatable bonds is 8. The van der Waals surface area contributed by atoms with Gasteiger partial charge in [0.05, 0.1) is 5.92 Å². The van der Waals surface area contributed by atoms with Gasteiger partial charge < -0.3 is 21.5 Å². The first kappa shape index (κ1) is 17.2. The zero-order valence-corrected chi connectivity index (χ0v) is 11.6. The molecule has 3 amide bonds. The van der Waals surface area contributed by atoms with Crippen molar-refractivity contribution in [2.24, 2.45) is 17.6 Å². The molecular weight excluding hydrogens is 250 g/mol. The van der Waals surface area contributed by atoms with Crippen molar-refractivity contribution >= 4 is 17.9 Å². The molecule has 0 fully saturated rings. The summed E-state index contributed by atoms with van der Waals surface area (Å²) in [6, 6.07) is -1.32. The first-order valence-electron chi connectivity index (χ1n) is 6.34. The summed E-state index contributed by atoms with van der Waals surface area (Å²) < 4.78 is 0. The summed E-state index contributed by atoms with van der Waals surface area (Å²) in [4.78, 5) is 33.4. The number of hydrogen-bond acceptors (Lipinski definition) is 3. The van der Waals surface area contributed by atoms with Crippen LogP contribution in [-0.2, 0) is 9.59 Å². The number of amides is 3. The van der Waals surface area contributed by atoms with Gasteiger partial charge in [0.2, 0.25) is 5.91 Å². The SMILES string of the molecule is CC[C@@H](NC(=O)NCC(CC(C)C)C(=O)O)C(N)=O. The minimum Gasteiger partial charge on any atom is -0.481 e. The molecule has 0 bridgehead atoms. The summed E-state index contributed by atoms with van der Waals surface area (Å²) in [6.45, 7) is 5.56. The lowest BCUT2D eigenvalue weighted by Gasteiger charge is -2.17. The average Bonchev–Trinajstić information content (AvgIpc) is 2.30. The number of nitrogens with one attached hydrogen (secondary N) is 2. The molecule has 0 aromatic carbocycles. The van der Waals surface area contributed by atoms with Crippen molar-refractivity contribution in [3.05, 3.63) is 0 Å². The quantitative estimate of drug-likeness (QED) is 0.508. The van der Waals surface area contributed by atoms with Crippen LogP contribution in [0.3, 0.4) is 0 Å². The Balaban J connectivity index is 4.25. The topological polar surface area (TPSA) is 122 Å². The van der Waals surface area contributed by atoms with E-state index in [1.165, 1.54) is 0 Å². The zero-order valence-electron chi connectivity index (χ0n) is 11.6. The van der Waals surface area contributed by atoms with E-state index >= 15 is 0 Å². The molecule has 0 aromatic rings. The third kappa shape index (κ3) is 7.28. The smallest absolute Gasteiger partial charge is 0.315 e. The lowest BCUT2D eigenvalue weighted by molar-refractivity contribution is -0.142. The summed E-state index contributed by atoms with van der Waals surface area (Å²) in [7, 11) is 0. The van der Waals surface area contributed by atoms with Gasteiger partial charge in [0, 0.05) is 6.54 Å².